The smallest absolute Gasteiger partial charge is 0.387 e. The quantitative estimate of drug-likeness (QED) is 0.846. The molecular weight excluding hydrogens is 302 g/mol. The van der Waals surface area contributed by atoms with Gasteiger partial charge in [0.1, 0.15) is 5.75 Å². The number of nitrogens with two attached hydrogens (primary N) is 1. The van der Waals surface area contributed by atoms with E-state index in [0.717, 1.165) is 0 Å². The van der Waals surface area contributed by atoms with Gasteiger partial charge in [0.15, 0.2) is 0 Å². The molecule has 4 nitrogen and oxygen atoms in total. The maximum Gasteiger partial charge on any atom is 0.387 e. The SMILES string of the molecule is CC(NC(=O)C(N)C(C)C)c1cccc(OC(F)F)c1.Cl. The number of benzene rings is 1. The van der Waals surface area contributed by atoms with Gasteiger partial charge in [-0.15, -0.1) is 12.4 Å². The number of alkyl halides is 2. The van der Waals surface area contributed by atoms with Crippen molar-refractivity contribution in [1.82, 2.24) is 5.32 Å². The number of carbonyl (C=O) groups excluding carboxylic acids is 1. The maximum absolute atomic E-state index is 12.1. The number of hydrogen-bond donors (Lipinski definition) is 2. The molecule has 0 radical (unpaired) electrons. The third-order valence-electron chi connectivity index (χ3n) is 2.96. The van der Waals surface area contributed by atoms with Crippen LogP contribution in [0.15, 0.2) is 24.3 Å². The second kappa shape index (κ2) is 8.79. The molecule has 0 saturated heterocycles. The third-order valence-corrected chi connectivity index (χ3v) is 2.96. The average molecular weight is 323 g/mol. The van der Waals surface area contributed by atoms with Crippen molar-refractivity contribution in [3.8, 4) is 5.75 Å². The summed E-state index contributed by atoms with van der Waals surface area (Å²) in [4.78, 5) is 11.8. The molecular formula is C14H21ClF2N2O2. The molecule has 0 spiro atoms. The first-order valence-corrected chi connectivity index (χ1v) is 6.42. The van der Waals surface area contributed by atoms with E-state index in [0.29, 0.717) is 5.56 Å². The van der Waals surface area contributed by atoms with Crippen molar-refractivity contribution in [2.75, 3.05) is 0 Å². The highest BCUT2D eigenvalue weighted by Crippen LogP contribution is 2.20. The van der Waals surface area contributed by atoms with Gasteiger partial charge in [-0.1, -0.05) is 26.0 Å². The zero-order valence-electron chi connectivity index (χ0n) is 12.2. The fourth-order valence-corrected chi connectivity index (χ4v) is 1.66. The van der Waals surface area contributed by atoms with Crippen LogP contribution in [0.1, 0.15) is 32.4 Å². The van der Waals surface area contributed by atoms with E-state index in [1.54, 1.807) is 19.1 Å². The van der Waals surface area contributed by atoms with Crippen LogP contribution in [0.25, 0.3) is 0 Å². The van der Waals surface area contributed by atoms with Crippen molar-refractivity contribution in [3.63, 3.8) is 0 Å². The van der Waals surface area contributed by atoms with E-state index < -0.39 is 12.7 Å². The van der Waals surface area contributed by atoms with Gasteiger partial charge in [0, 0.05) is 0 Å². The number of hydrogen-bond acceptors (Lipinski definition) is 3. The van der Waals surface area contributed by atoms with Gasteiger partial charge in [-0.05, 0) is 30.5 Å². The van der Waals surface area contributed by atoms with Gasteiger partial charge < -0.3 is 15.8 Å². The Morgan fingerprint density at radius 3 is 2.43 bits per heavy atom. The molecule has 2 atom stereocenters. The molecule has 120 valence electrons. The Morgan fingerprint density at radius 2 is 1.90 bits per heavy atom. The summed E-state index contributed by atoms with van der Waals surface area (Å²) in [6.45, 7) is 2.59. The molecule has 0 aromatic heterocycles. The summed E-state index contributed by atoms with van der Waals surface area (Å²) in [6, 6.07) is 5.29. The van der Waals surface area contributed by atoms with E-state index in [1.165, 1.54) is 12.1 Å². The van der Waals surface area contributed by atoms with Crippen LogP contribution in [0, 0.1) is 5.92 Å². The highest BCUT2D eigenvalue weighted by molar-refractivity contribution is 5.85. The normalized spacial score (nSPS) is 13.5. The third kappa shape index (κ3) is 6.27. The predicted octanol–water partition coefficient (Wildman–Crippen LogP) is 2.87. The number of carbonyl (C=O) groups is 1. The minimum atomic E-state index is -2.87. The van der Waals surface area contributed by atoms with Crippen molar-refractivity contribution < 1.29 is 18.3 Å². The summed E-state index contributed by atoms with van der Waals surface area (Å²) in [6.07, 6.45) is 0. The first-order valence-electron chi connectivity index (χ1n) is 6.42. The van der Waals surface area contributed by atoms with Crippen LogP contribution in [0.2, 0.25) is 0 Å². The van der Waals surface area contributed by atoms with Crippen molar-refractivity contribution >= 4 is 18.3 Å². The summed E-state index contributed by atoms with van der Waals surface area (Å²) in [7, 11) is 0. The topological polar surface area (TPSA) is 64.4 Å². The van der Waals surface area contributed by atoms with Crippen LogP contribution >= 0.6 is 12.4 Å². The van der Waals surface area contributed by atoms with Crippen LogP contribution in [-0.4, -0.2) is 18.6 Å². The Hall–Kier alpha value is -1.40. The lowest BCUT2D eigenvalue weighted by atomic mass is 10.0. The van der Waals surface area contributed by atoms with Gasteiger partial charge in [-0.25, -0.2) is 0 Å². The monoisotopic (exact) mass is 322 g/mol. The van der Waals surface area contributed by atoms with Crippen LogP contribution < -0.4 is 15.8 Å². The predicted molar refractivity (Wildman–Crippen MR) is 79.7 cm³/mol. The number of nitrogens with one attached hydrogen (secondary N) is 1. The number of rotatable bonds is 6. The maximum atomic E-state index is 12.1. The molecule has 0 aliphatic heterocycles. The summed E-state index contributed by atoms with van der Waals surface area (Å²) in [5.74, 6) is -0.185. The summed E-state index contributed by atoms with van der Waals surface area (Å²) in [5.41, 5.74) is 6.42. The molecule has 7 heteroatoms. The van der Waals surface area contributed by atoms with E-state index in [1.807, 2.05) is 13.8 Å². The Morgan fingerprint density at radius 1 is 1.29 bits per heavy atom. The summed E-state index contributed by atoms with van der Waals surface area (Å²) in [5, 5.41) is 2.75. The highest BCUT2D eigenvalue weighted by atomic mass is 35.5. The molecule has 21 heavy (non-hydrogen) atoms. The van der Waals surface area contributed by atoms with Gasteiger partial charge in [0.25, 0.3) is 0 Å². The van der Waals surface area contributed by atoms with Crippen LogP contribution in [-0.2, 0) is 4.79 Å². The molecule has 1 amide bonds. The molecule has 1 aromatic carbocycles. The van der Waals surface area contributed by atoms with E-state index in [4.69, 9.17) is 5.73 Å². The average Bonchev–Trinajstić information content (AvgIpc) is 2.37. The Kier molecular flexibility index (Phi) is 8.21. The Balaban J connectivity index is 0.00000400. The van der Waals surface area contributed by atoms with Crippen LogP contribution in [0.5, 0.6) is 5.75 Å². The second-order valence-electron chi connectivity index (χ2n) is 4.95. The minimum absolute atomic E-state index is 0. The van der Waals surface area contributed by atoms with E-state index in [2.05, 4.69) is 10.1 Å². The fraction of sp³-hybridized carbons (Fsp3) is 0.500. The van der Waals surface area contributed by atoms with Crippen molar-refractivity contribution in [1.29, 1.82) is 0 Å². The van der Waals surface area contributed by atoms with Gasteiger partial charge in [-0.2, -0.15) is 8.78 Å². The van der Waals surface area contributed by atoms with E-state index in [9.17, 15) is 13.6 Å². The Bertz CT molecular complexity index is 458. The first kappa shape index (κ1) is 19.6. The Labute approximate surface area is 129 Å². The van der Waals surface area contributed by atoms with Gasteiger partial charge in [-0.3, -0.25) is 4.79 Å². The zero-order valence-corrected chi connectivity index (χ0v) is 13.0. The lowest BCUT2D eigenvalue weighted by molar-refractivity contribution is -0.123. The lowest BCUT2D eigenvalue weighted by Crippen LogP contribution is -2.44. The second-order valence-corrected chi connectivity index (χ2v) is 4.95. The minimum Gasteiger partial charge on any atom is -0.435 e. The molecule has 0 fully saturated rings. The van der Waals surface area contributed by atoms with Gasteiger partial charge in [0.2, 0.25) is 5.91 Å². The van der Waals surface area contributed by atoms with Crippen LogP contribution in [0.3, 0.4) is 0 Å². The van der Waals surface area contributed by atoms with Crippen molar-refractivity contribution in [2.24, 2.45) is 11.7 Å². The molecule has 3 N–H and O–H groups in total. The van der Waals surface area contributed by atoms with Crippen molar-refractivity contribution in [3.05, 3.63) is 29.8 Å². The van der Waals surface area contributed by atoms with Crippen LogP contribution in [0.4, 0.5) is 8.78 Å². The lowest BCUT2D eigenvalue weighted by Gasteiger charge is -2.20. The number of amides is 1. The van der Waals surface area contributed by atoms with E-state index in [-0.39, 0.29) is 36.0 Å². The molecule has 1 aromatic rings. The largest absolute Gasteiger partial charge is 0.435 e. The van der Waals surface area contributed by atoms with Crippen molar-refractivity contribution in [2.45, 2.75) is 39.5 Å². The molecule has 0 heterocycles. The number of halogens is 3. The van der Waals surface area contributed by atoms with Gasteiger partial charge in [0.05, 0.1) is 12.1 Å². The van der Waals surface area contributed by atoms with E-state index >= 15 is 0 Å². The molecule has 2 unspecified atom stereocenters. The molecule has 0 aliphatic carbocycles. The zero-order chi connectivity index (χ0) is 15.3. The number of ether oxygens (including phenoxy) is 1. The summed E-state index contributed by atoms with van der Waals surface area (Å²) < 4.78 is 28.6. The summed E-state index contributed by atoms with van der Waals surface area (Å²) >= 11 is 0. The molecule has 1 rings (SSSR count). The fourth-order valence-electron chi connectivity index (χ4n) is 1.66. The first-order chi connectivity index (χ1) is 9.31. The molecule has 0 aliphatic rings. The standard InChI is InChI=1S/C14H20F2N2O2.ClH/c1-8(2)12(17)13(19)18-9(3)10-5-4-6-11(7-10)20-14(15)16;/h4-9,12,14H,17H2,1-3H3,(H,18,19);1H. The molecule has 0 bridgehead atoms. The highest BCUT2D eigenvalue weighted by Gasteiger charge is 2.19. The molecule has 0 saturated carbocycles. The van der Waals surface area contributed by atoms with Gasteiger partial charge >= 0.3 is 6.61 Å².